The standard InChI is InChI=1S/C12H21NO5S2/c1-19(15,16)13-5-2-3-10(8-13)7-12(14)11-4-6-20(17,18)9-11/h10-11H,2-9H2,1H3. The lowest BCUT2D eigenvalue weighted by Gasteiger charge is -2.30. The van der Waals surface area contributed by atoms with E-state index < -0.39 is 19.9 Å². The summed E-state index contributed by atoms with van der Waals surface area (Å²) in [6, 6.07) is 0. The molecule has 0 bridgehead atoms. The Hall–Kier alpha value is -0.470. The lowest BCUT2D eigenvalue weighted by molar-refractivity contribution is -0.123. The van der Waals surface area contributed by atoms with Gasteiger partial charge in [0.05, 0.1) is 17.8 Å². The molecule has 0 aromatic heterocycles. The number of rotatable bonds is 4. The highest BCUT2D eigenvalue weighted by Gasteiger charge is 2.35. The number of Topliss-reactive ketones (excluding diaryl/α,β-unsaturated/α-hetero) is 1. The highest BCUT2D eigenvalue weighted by atomic mass is 32.2. The summed E-state index contributed by atoms with van der Waals surface area (Å²) in [7, 11) is -6.25. The third-order valence-corrected chi connectivity index (χ3v) is 7.17. The summed E-state index contributed by atoms with van der Waals surface area (Å²) < 4.78 is 47.2. The molecule has 116 valence electrons. The number of nitrogens with zero attached hydrogens (tertiary/aromatic N) is 1. The first kappa shape index (κ1) is 15.9. The van der Waals surface area contributed by atoms with Crippen molar-refractivity contribution in [1.29, 1.82) is 0 Å². The fourth-order valence-corrected chi connectivity index (χ4v) is 5.71. The van der Waals surface area contributed by atoms with E-state index in [0.717, 1.165) is 12.8 Å². The average Bonchev–Trinajstić information content (AvgIpc) is 2.69. The molecule has 0 aromatic carbocycles. The van der Waals surface area contributed by atoms with Crippen LogP contribution in [0.2, 0.25) is 0 Å². The molecule has 0 aromatic rings. The van der Waals surface area contributed by atoms with Gasteiger partial charge in [-0.15, -0.1) is 0 Å². The van der Waals surface area contributed by atoms with Crippen LogP contribution in [0.5, 0.6) is 0 Å². The molecule has 2 unspecified atom stereocenters. The predicted octanol–water partition coefficient (Wildman–Crippen LogP) is 0.0519. The van der Waals surface area contributed by atoms with Gasteiger partial charge in [0.2, 0.25) is 10.0 Å². The van der Waals surface area contributed by atoms with Crippen molar-refractivity contribution >= 4 is 25.6 Å². The molecule has 20 heavy (non-hydrogen) atoms. The van der Waals surface area contributed by atoms with Gasteiger partial charge >= 0.3 is 0 Å². The predicted molar refractivity (Wildman–Crippen MR) is 75.5 cm³/mol. The minimum atomic E-state index is -3.21. The lowest BCUT2D eigenvalue weighted by atomic mass is 9.89. The molecule has 0 radical (unpaired) electrons. The van der Waals surface area contributed by atoms with Gasteiger partial charge in [-0.05, 0) is 25.2 Å². The maximum atomic E-state index is 12.1. The Morgan fingerprint density at radius 3 is 2.55 bits per heavy atom. The maximum Gasteiger partial charge on any atom is 0.211 e. The van der Waals surface area contributed by atoms with Gasteiger partial charge in [0.15, 0.2) is 9.84 Å². The molecule has 2 aliphatic heterocycles. The summed E-state index contributed by atoms with van der Waals surface area (Å²) >= 11 is 0. The second-order valence-electron chi connectivity index (χ2n) is 5.90. The van der Waals surface area contributed by atoms with Crippen LogP contribution in [0, 0.1) is 11.8 Å². The van der Waals surface area contributed by atoms with Crippen molar-refractivity contribution in [3.8, 4) is 0 Å². The van der Waals surface area contributed by atoms with Crippen LogP contribution in [-0.2, 0) is 24.7 Å². The Kier molecular flexibility index (Phi) is 4.56. The zero-order valence-electron chi connectivity index (χ0n) is 11.6. The van der Waals surface area contributed by atoms with Gasteiger partial charge in [-0.25, -0.2) is 21.1 Å². The molecule has 2 heterocycles. The van der Waals surface area contributed by atoms with Crippen molar-refractivity contribution in [2.24, 2.45) is 11.8 Å². The van der Waals surface area contributed by atoms with E-state index in [4.69, 9.17) is 0 Å². The first-order valence-corrected chi connectivity index (χ1v) is 10.5. The minimum Gasteiger partial charge on any atom is -0.299 e. The quantitative estimate of drug-likeness (QED) is 0.729. The molecule has 2 atom stereocenters. The summed E-state index contributed by atoms with van der Waals surface area (Å²) in [5.74, 6) is -0.313. The lowest BCUT2D eigenvalue weighted by Crippen LogP contribution is -2.40. The minimum absolute atomic E-state index is 0.0218. The average molecular weight is 323 g/mol. The Morgan fingerprint density at radius 1 is 1.30 bits per heavy atom. The first-order valence-electron chi connectivity index (χ1n) is 6.85. The molecule has 6 nitrogen and oxygen atoms in total. The van der Waals surface area contributed by atoms with Gasteiger partial charge in [0, 0.05) is 25.4 Å². The van der Waals surface area contributed by atoms with Crippen molar-refractivity contribution in [1.82, 2.24) is 4.31 Å². The number of piperidine rings is 1. The van der Waals surface area contributed by atoms with E-state index in [0.29, 0.717) is 25.9 Å². The second kappa shape index (κ2) is 5.73. The zero-order valence-corrected chi connectivity index (χ0v) is 13.2. The topological polar surface area (TPSA) is 88.6 Å². The number of hydrogen-bond donors (Lipinski definition) is 0. The monoisotopic (exact) mass is 323 g/mol. The van der Waals surface area contributed by atoms with Crippen molar-refractivity contribution in [2.45, 2.75) is 25.7 Å². The van der Waals surface area contributed by atoms with Crippen LogP contribution in [0.25, 0.3) is 0 Å². The third kappa shape index (κ3) is 4.02. The molecule has 2 saturated heterocycles. The van der Waals surface area contributed by atoms with Gasteiger partial charge in [0.1, 0.15) is 5.78 Å². The van der Waals surface area contributed by atoms with E-state index in [1.165, 1.54) is 10.6 Å². The van der Waals surface area contributed by atoms with Crippen molar-refractivity contribution in [3.05, 3.63) is 0 Å². The molecular weight excluding hydrogens is 302 g/mol. The van der Waals surface area contributed by atoms with Crippen molar-refractivity contribution in [3.63, 3.8) is 0 Å². The van der Waals surface area contributed by atoms with E-state index >= 15 is 0 Å². The van der Waals surface area contributed by atoms with Gasteiger partial charge in [0.25, 0.3) is 0 Å². The summed E-state index contributed by atoms with van der Waals surface area (Å²) in [4.78, 5) is 12.1. The molecule has 2 aliphatic rings. The number of carbonyl (C=O) groups is 1. The number of sulfonamides is 1. The molecule has 8 heteroatoms. The van der Waals surface area contributed by atoms with E-state index in [1.54, 1.807) is 0 Å². The maximum absolute atomic E-state index is 12.1. The number of hydrogen-bond acceptors (Lipinski definition) is 5. The Balaban J connectivity index is 1.92. The third-order valence-electron chi connectivity index (χ3n) is 4.13. The van der Waals surface area contributed by atoms with Crippen LogP contribution in [0.4, 0.5) is 0 Å². The van der Waals surface area contributed by atoms with Crippen LogP contribution in [0.15, 0.2) is 0 Å². The summed E-state index contributed by atoms with van der Waals surface area (Å²) in [5, 5.41) is 0. The zero-order chi connectivity index (χ0) is 15.0. The van der Waals surface area contributed by atoms with Crippen LogP contribution >= 0.6 is 0 Å². The highest BCUT2D eigenvalue weighted by molar-refractivity contribution is 7.91. The van der Waals surface area contributed by atoms with E-state index in [2.05, 4.69) is 0 Å². The molecule has 0 saturated carbocycles. The Morgan fingerprint density at radius 2 is 2.00 bits per heavy atom. The molecule has 0 spiro atoms. The van der Waals surface area contributed by atoms with Crippen molar-refractivity contribution < 1.29 is 21.6 Å². The molecule has 2 fully saturated rings. The molecule has 0 amide bonds. The largest absolute Gasteiger partial charge is 0.299 e. The number of sulfone groups is 1. The molecular formula is C12H21NO5S2. The first-order chi connectivity index (χ1) is 9.17. The van der Waals surface area contributed by atoms with Crippen molar-refractivity contribution in [2.75, 3.05) is 30.9 Å². The molecule has 0 N–H and O–H groups in total. The van der Waals surface area contributed by atoms with Gasteiger partial charge < -0.3 is 0 Å². The normalized spacial score (nSPS) is 31.2. The summed E-state index contributed by atoms with van der Waals surface area (Å²) in [6.07, 6.45) is 3.49. The van der Waals surface area contributed by atoms with Gasteiger partial charge in [-0.1, -0.05) is 0 Å². The van der Waals surface area contributed by atoms with Crippen LogP contribution < -0.4 is 0 Å². The van der Waals surface area contributed by atoms with E-state index in [9.17, 15) is 21.6 Å². The SMILES string of the molecule is CS(=O)(=O)N1CCCC(CC(=O)C2CCS(=O)(=O)C2)C1. The van der Waals surface area contributed by atoms with E-state index in [-0.39, 0.29) is 29.1 Å². The van der Waals surface area contributed by atoms with Gasteiger partial charge in [-0.2, -0.15) is 0 Å². The number of carbonyl (C=O) groups excluding carboxylic acids is 1. The van der Waals surface area contributed by atoms with Crippen LogP contribution in [-0.4, -0.2) is 57.8 Å². The number of ketones is 1. The molecule has 0 aliphatic carbocycles. The van der Waals surface area contributed by atoms with Crippen LogP contribution in [0.3, 0.4) is 0 Å². The van der Waals surface area contributed by atoms with Gasteiger partial charge in [-0.3, -0.25) is 4.79 Å². The molecule has 2 rings (SSSR count). The summed E-state index contributed by atoms with van der Waals surface area (Å²) in [5.41, 5.74) is 0. The highest BCUT2D eigenvalue weighted by Crippen LogP contribution is 2.26. The fourth-order valence-electron chi connectivity index (χ4n) is 2.99. The fraction of sp³-hybridized carbons (Fsp3) is 0.917. The second-order valence-corrected chi connectivity index (χ2v) is 10.1. The van der Waals surface area contributed by atoms with E-state index in [1.807, 2.05) is 0 Å². The van der Waals surface area contributed by atoms with Crippen LogP contribution in [0.1, 0.15) is 25.7 Å². The smallest absolute Gasteiger partial charge is 0.211 e. The Bertz CT molecular complexity index is 581. The summed E-state index contributed by atoms with van der Waals surface area (Å²) in [6.45, 7) is 0.894. The Labute approximate surface area is 120 Å².